The molecule has 2 amide bonds. The molecule has 0 aliphatic carbocycles. The van der Waals surface area contributed by atoms with Gasteiger partial charge in [-0.1, -0.05) is 83.5 Å². The summed E-state index contributed by atoms with van der Waals surface area (Å²) in [5, 5.41) is 3.04. The second-order valence-electron chi connectivity index (χ2n) is 10.2. The Balaban J connectivity index is 2.09. The van der Waals surface area contributed by atoms with Gasteiger partial charge in [0.25, 0.3) is 0 Å². The van der Waals surface area contributed by atoms with Gasteiger partial charge in [-0.3, -0.25) is 13.9 Å². The Hall–Kier alpha value is -3.17. The van der Waals surface area contributed by atoms with E-state index in [4.69, 9.17) is 0 Å². The average molecular weight is 629 g/mol. The van der Waals surface area contributed by atoms with Gasteiger partial charge in [-0.05, 0) is 61.6 Å². The van der Waals surface area contributed by atoms with Crippen molar-refractivity contribution in [3.8, 4) is 0 Å². The van der Waals surface area contributed by atoms with Crippen LogP contribution in [0.25, 0.3) is 0 Å². The molecule has 40 heavy (non-hydrogen) atoms. The van der Waals surface area contributed by atoms with Crippen LogP contribution in [0.3, 0.4) is 0 Å². The summed E-state index contributed by atoms with van der Waals surface area (Å²) in [7, 11) is -3.82. The van der Waals surface area contributed by atoms with E-state index in [-0.39, 0.29) is 24.9 Å². The molecule has 0 aromatic heterocycles. The predicted octanol–water partition coefficient (Wildman–Crippen LogP) is 5.39. The van der Waals surface area contributed by atoms with E-state index in [1.807, 2.05) is 100 Å². The van der Waals surface area contributed by atoms with Gasteiger partial charge in [0, 0.05) is 23.5 Å². The predicted molar refractivity (Wildman–Crippen MR) is 165 cm³/mol. The molecule has 0 spiro atoms. The van der Waals surface area contributed by atoms with E-state index in [9.17, 15) is 18.0 Å². The maximum Gasteiger partial charge on any atom is 0.244 e. The highest BCUT2D eigenvalue weighted by atomic mass is 79.9. The quantitative estimate of drug-likeness (QED) is 0.292. The first-order valence-electron chi connectivity index (χ1n) is 13.3. The normalized spacial score (nSPS) is 12.8. The molecule has 9 heteroatoms. The molecule has 214 valence electrons. The maximum absolute atomic E-state index is 14.2. The maximum atomic E-state index is 14.2. The Labute approximate surface area is 246 Å². The molecule has 0 saturated carbocycles. The number of carbonyl (C=O) groups is 2. The first kappa shape index (κ1) is 31.4. The first-order chi connectivity index (χ1) is 18.9. The number of amides is 2. The van der Waals surface area contributed by atoms with Gasteiger partial charge in [-0.2, -0.15) is 0 Å². The van der Waals surface area contributed by atoms with Crippen molar-refractivity contribution in [2.24, 2.45) is 0 Å². The zero-order valence-corrected chi connectivity index (χ0v) is 26.1. The van der Waals surface area contributed by atoms with E-state index < -0.39 is 28.5 Å². The largest absolute Gasteiger partial charge is 0.352 e. The second-order valence-corrected chi connectivity index (χ2v) is 13.0. The van der Waals surface area contributed by atoms with Gasteiger partial charge in [0.2, 0.25) is 21.8 Å². The molecular weight excluding hydrogens is 590 g/mol. The van der Waals surface area contributed by atoms with Gasteiger partial charge < -0.3 is 10.2 Å². The summed E-state index contributed by atoms with van der Waals surface area (Å²) < 4.78 is 28.1. The fourth-order valence-electron chi connectivity index (χ4n) is 4.56. The van der Waals surface area contributed by atoms with Crippen LogP contribution in [0.4, 0.5) is 5.69 Å². The van der Waals surface area contributed by atoms with E-state index in [2.05, 4.69) is 21.2 Å². The summed E-state index contributed by atoms with van der Waals surface area (Å²) in [5.74, 6) is -0.738. The molecule has 0 fully saturated rings. The van der Waals surface area contributed by atoms with E-state index in [0.29, 0.717) is 5.69 Å². The van der Waals surface area contributed by atoms with Crippen LogP contribution < -0.4 is 9.62 Å². The summed E-state index contributed by atoms with van der Waals surface area (Å²) in [4.78, 5) is 29.4. The highest BCUT2D eigenvalue weighted by Crippen LogP contribution is 2.27. The number of sulfonamides is 1. The van der Waals surface area contributed by atoms with Crippen molar-refractivity contribution in [2.75, 3.05) is 17.1 Å². The van der Waals surface area contributed by atoms with Crippen LogP contribution in [-0.2, 0) is 32.6 Å². The number of para-hydroxylation sites is 1. The molecule has 2 atom stereocenters. The fraction of sp³-hybridized carbons (Fsp3) is 0.355. The third kappa shape index (κ3) is 8.41. The Bertz CT molecular complexity index is 1390. The summed E-state index contributed by atoms with van der Waals surface area (Å²) in [6.45, 7) is 7.26. The van der Waals surface area contributed by atoms with Gasteiger partial charge in [0.05, 0.1) is 11.9 Å². The van der Waals surface area contributed by atoms with Gasteiger partial charge >= 0.3 is 0 Å². The topological polar surface area (TPSA) is 86.8 Å². The van der Waals surface area contributed by atoms with E-state index in [0.717, 1.165) is 43.7 Å². The summed E-state index contributed by atoms with van der Waals surface area (Å²) in [6, 6.07) is 21.6. The minimum atomic E-state index is -3.82. The molecule has 3 aromatic rings. The molecule has 0 radical (unpaired) electrons. The zero-order chi connectivity index (χ0) is 29.4. The Kier molecular flexibility index (Phi) is 10.9. The van der Waals surface area contributed by atoms with Crippen LogP contribution in [0.15, 0.2) is 77.3 Å². The molecule has 3 rings (SSSR count). The van der Waals surface area contributed by atoms with Gasteiger partial charge in [0.1, 0.15) is 12.6 Å². The lowest BCUT2D eigenvalue weighted by molar-refractivity contribution is -0.140. The van der Waals surface area contributed by atoms with Crippen molar-refractivity contribution in [3.63, 3.8) is 0 Å². The number of aryl methyl sites for hydroxylation is 2. The fourth-order valence-corrected chi connectivity index (χ4v) is 5.79. The molecule has 7 nitrogen and oxygen atoms in total. The lowest BCUT2D eigenvalue weighted by Crippen LogP contribution is -2.54. The molecule has 0 unspecified atom stereocenters. The zero-order valence-electron chi connectivity index (χ0n) is 23.7. The molecule has 0 bridgehead atoms. The van der Waals surface area contributed by atoms with Crippen molar-refractivity contribution in [2.45, 2.75) is 59.2 Å². The molecule has 0 aliphatic rings. The smallest absolute Gasteiger partial charge is 0.244 e. The number of carbonyl (C=O) groups excluding carboxylic acids is 2. The lowest BCUT2D eigenvalue weighted by Gasteiger charge is -2.34. The summed E-state index contributed by atoms with van der Waals surface area (Å²) >= 11 is 3.45. The second kappa shape index (κ2) is 13.9. The van der Waals surface area contributed by atoms with Crippen molar-refractivity contribution in [1.82, 2.24) is 10.2 Å². The molecule has 0 aliphatic heterocycles. The average Bonchev–Trinajstić information content (AvgIpc) is 2.90. The van der Waals surface area contributed by atoms with Crippen molar-refractivity contribution in [3.05, 3.63) is 99.5 Å². The van der Waals surface area contributed by atoms with Crippen molar-refractivity contribution >= 4 is 43.5 Å². The SMILES string of the molecule is CC[C@@H](C)NC(=O)[C@@H](Cc1ccccc1)N(Cc1ccc(Br)cc1)C(=O)CN(c1c(C)cccc1C)S(C)(=O)=O. The minimum absolute atomic E-state index is 0.0856. The Morgan fingerprint density at radius 1 is 0.900 bits per heavy atom. The van der Waals surface area contributed by atoms with E-state index >= 15 is 0 Å². The third-order valence-electron chi connectivity index (χ3n) is 6.91. The number of benzene rings is 3. The van der Waals surface area contributed by atoms with E-state index in [1.54, 1.807) is 0 Å². The van der Waals surface area contributed by atoms with Crippen molar-refractivity contribution in [1.29, 1.82) is 0 Å². The van der Waals surface area contributed by atoms with Gasteiger partial charge in [-0.15, -0.1) is 0 Å². The molecule has 1 N–H and O–H groups in total. The minimum Gasteiger partial charge on any atom is -0.352 e. The summed E-state index contributed by atoms with van der Waals surface area (Å²) in [6.07, 6.45) is 2.12. The lowest BCUT2D eigenvalue weighted by atomic mass is 10.0. The van der Waals surface area contributed by atoms with Crippen LogP contribution in [0.1, 0.15) is 42.5 Å². The molecule has 0 saturated heterocycles. The Morgan fingerprint density at radius 2 is 1.50 bits per heavy atom. The first-order valence-corrected chi connectivity index (χ1v) is 16.0. The molecule has 0 heterocycles. The van der Waals surface area contributed by atoms with Gasteiger partial charge in [0.15, 0.2) is 0 Å². The van der Waals surface area contributed by atoms with Crippen LogP contribution in [-0.4, -0.2) is 50.0 Å². The monoisotopic (exact) mass is 627 g/mol. The number of nitrogens with one attached hydrogen (secondary N) is 1. The number of hydrogen-bond donors (Lipinski definition) is 1. The number of halogens is 1. The molecule has 3 aromatic carbocycles. The van der Waals surface area contributed by atoms with Crippen molar-refractivity contribution < 1.29 is 18.0 Å². The summed E-state index contributed by atoms with van der Waals surface area (Å²) in [5.41, 5.74) is 3.69. The highest BCUT2D eigenvalue weighted by Gasteiger charge is 2.34. The number of nitrogens with zero attached hydrogens (tertiary/aromatic N) is 2. The molecular formula is C31H38BrN3O4S. The van der Waals surface area contributed by atoms with Gasteiger partial charge in [-0.25, -0.2) is 8.42 Å². The standard InChI is InChI=1S/C31H38BrN3O4S/c1-6-24(4)33-31(37)28(19-25-13-8-7-9-14-25)34(20-26-15-17-27(32)18-16-26)29(36)21-35(40(5,38)39)30-22(2)11-10-12-23(30)3/h7-18,24,28H,6,19-21H2,1-5H3,(H,33,37)/t24-,28-/m1/s1. The van der Waals surface area contributed by atoms with Crippen LogP contribution in [0.5, 0.6) is 0 Å². The van der Waals surface area contributed by atoms with E-state index in [1.165, 1.54) is 4.90 Å². The highest BCUT2D eigenvalue weighted by molar-refractivity contribution is 9.10. The third-order valence-corrected chi connectivity index (χ3v) is 8.55. The van der Waals surface area contributed by atoms with Crippen LogP contribution in [0.2, 0.25) is 0 Å². The number of rotatable bonds is 12. The number of anilines is 1. The van der Waals surface area contributed by atoms with Crippen LogP contribution >= 0.6 is 15.9 Å². The van der Waals surface area contributed by atoms with Crippen LogP contribution in [0, 0.1) is 13.8 Å². The number of hydrogen-bond acceptors (Lipinski definition) is 4. The Morgan fingerprint density at radius 3 is 2.05 bits per heavy atom.